The van der Waals surface area contributed by atoms with Crippen molar-refractivity contribution in [1.82, 2.24) is 5.32 Å². The van der Waals surface area contributed by atoms with E-state index in [4.69, 9.17) is 5.84 Å². The highest BCUT2D eigenvalue weighted by atomic mass is 32.2. The summed E-state index contributed by atoms with van der Waals surface area (Å²) >= 11 is 1.86. The van der Waals surface area contributed by atoms with Crippen LogP contribution < -0.4 is 16.6 Å². The monoisotopic (exact) mass is 310 g/mol. The van der Waals surface area contributed by atoms with Crippen LogP contribution in [-0.2, 0) is 0 Å². The highest BCUT2D eigenvalue weighted by Gasteiger charge is 2.30. The van der Waals surface area contributed by atoms with E-state index in [1.165, 1.54) is 18.2 Å². The quantitative estimate of drug-likeness (QED) is 0.435. The summed E-state index contributed by atoms with van der Waals surface area (Å²) in [6.07, 6.45) is 2.24. The van der Waals surface area contributed by atoms with E-state index in [-0.39, 0.29) is 22.0 Å². The number of anilines is 1. The molecule has 1 aliphatic heterocycles. The van der Waals surface area contributed by atoms with Gasteiger partial charge in [0.1, 0.15) is 5.69 Å². The van der Waals surface area contributed by atoms with Crippen molar-refractivity contribution in [1.29, 1.82) is 0 Å². The first-order valence-electron chi connectivity index (χ1n) is 6.62. The SMILES string of the molecule is CC1(CNC(=O)c2ccc([N+](=O)[O-])c(NN)c2)CCCS1. The molecule has 8 heteroatoms. The topological polar surface area (TPSA) is 110 Å². The molecule has 21 heavy (non-hydrogen) atoms. The van der Waals surface area contributed by atoms with E-state index in [0.717, 1.165) is 18.6 Å². The number of nitrogen functional groups attached to an aromatic ring is 1. The van der Waals surface area contributed by atoms with Gasteiger partial charge in [0, 0.05) is 22.9 Å². The number of rotatable bonds is 5. The van der Waals surface area contributed by atoms with Crippen LogP contribution in [0.5, 0.6) is 0 Å². The van der Waals surface area contributed by atoms with Gasteiger partial charge in [-0.15, -0.1) is 0 Å². The summed E-state index contributed by atoms with van der Waals surface area (Å²) in [7, 11) is 0. The van der Waals surface area contributed by atoms with Gasteiger partial charge in [0.25, 0.3) is 11.6 Å². The molecule has 0 bridgehead atoms. The standard InChI is InChI=1S/C13H18N4O3S/c1-13(5-2-6-21-13)8-15-12(18)9-3-4-11(17(19)20)10(7-9)16-14/h3-4,7,16H,2,5-6,8,14H2,1H3,(H,15,18). The molecular weight excluding hydrogens is 292 g/mol. The third kappa shape index (κ3) is 3.64. The molecule has 1 saturated heterocycles. The maximum atomic E-state index is 12.1. The molecule has 0 spiro atoms. The molecule has 1 aliphatic rings. The van der Waals surface area contributed by atoms with Crippen molar-refractivity contribution in [3.05, 3.63) is 33.9 Å². The molecule has 0 saturated carbocycles. The normalized spacial score (nSPS) is 21.0. The number of nitrogens with two attached hydrogens (primary N) is 1. The predicted octanol–water partition coefficient (Wildman–Crippen LogP) is 1.90. The first kappa shape index (κ1) is 15.6. The molecule has 4 N–H and O–H groups in total. The second-order valence-corrected chi connectivity index (χ2v) is 6.90. The maximum absolute atomic E-state index is 12.1. The van der Waals surface area contributed by atoms with Crippen molar-refractivity contribution in [2.24, 2.45) is 5.84 Å². The third-order valence-electron chi connectivity index (χ3n) is 3.53. The van der Waals surface area contributed by atoms with Gasteiger partial charge < -0.3 is 10.7 Å². The second kappa shape index (κ2) is 6.31. The Labute approximate surface area is 126 Å². The lowest BCUT2D eigenvalue weighted by Gasteiger charge is -2.22. The molecular formula is C13H18N4O3S. The van der Waals surface area contributed by atoms with Crippen LogP contribution in [0, 0.1) is 10.1 Å². The molecule has 1 aromatic rings. The van der Waals surface area contributed by atoms with E-state index in [2.05, 4.69) is 17.7 Å². The largest absolute Gasteiger partial charge is 0.351 e. The molecule has 0 aromatic heterocycles. The Hall–Kier alpha value is -1.80. The van der Waals surface area contributed by atoms with Gasteiger partial charge in [0.15, 0.2) is 0 Å². The Kier molecular flexibility index (Phi) is 4.69. The zero-order valence-electron chi connectivity index (χ0n) is 11.7. The van der Waals surface area contributed by atoms with E-state index >= 15 is 0 Å². The van der Waals surface area contributed by atoms with Gasteiger partial charge in [0.05, 0.1) is 4.92 Å². The fraction of sp³-hybridized carbons (Fsp3) is 0.462. The lowest BCUT2D eigenvalue weighted by molar-refractivity contribution is -0.384. The van der Waals surface area contributed by atoms with Gasteiger partial charge in [-0.1, -0.05) is 0 Å². The van der Waals surface area contributed by atoms with Crippen LogP contribution in [0.2, 0.25) is 0 Å². The lowest BCUT2D eigenvalue weighted by Crippen LogP contribution is -2.36. The van der Waals surface area contributed by atoms with E-state index in [9.17, 15) is 14.9 Å². The number of thioether (sulfide) groups is 1. The van der Waals surface area contributed by atoms with E-state index < -0.39 is 4.92 Å². The average molecular weight is 310 g/mol. The minimum absolute atomic E-state index is 0.0748. The van der Waals surface area contributed by atoms with E-state index in [1.807, 2.05) is 11.8 Å². The summed E-state index contributed by atoms with van der Waals surface area (Å²) in [5.74, 6) is 6.12. The van der Waals surface area contributed by atoms with Crippen LogP contribution in [-0.4, -0.2) is 27.9 Å². The van der Waals surface area contributed by atoms with E-state index in [1.54, 1.807) is 0 Å². The van der Waals surface area contributed by atoms with Crippen molar-refractivity contribution in [2.75, 3.05) is 17.7 Å². The van der Waals surface area contributed by atoms with E-state index in [0.29, 0.717) is 12.1 Å². The lowest BCUT2D eigenvalue weighted by atomic mass is 10.1. The minimum Gasteiger partial charge on any atom is -0.351 e. The van der Waals surface area contributed by atoms with Gasteiger partial charge in [-0.3, -0.25) is 20.8 Å². The smallest absolute Gasteiger partial charge is 0.293 e. The zero-order chi connectivity index (χ0) is 15.5. The van der Waals surface area contributed by atoms with Crippen LogP contribution in [0.15, 0.2) is 18.2 Å². The molecule has 1 aromatic carbocycles. The fourth-order valence-corrected chi connectivity index (χ4v) is 3.54. The number of hydrogen-bond acceptors (Lipinski definition) is 6. The summed E-state index contributed by atoms with van der Waals surface area (Å²) in [6.45, 7) is 2.71. The Bertz CT molecular complexity index is 558. The van der Waals surface area contributed by atoms with Gasteiger partial charge in [0.2, 0.25) is 0 Å². The summed E-state index contributed by atoms with van der Waals surface area (Å²) < 4.78 is 0.0748. The van der Waals surface area contributed by atoms with Gasteiger partial charge >= 0.3 is 0 Å². The number of hydrogen-bond donors (Lipinski definition) is 3. The Morgan fingerprint density at radius 3 is 2.90 bits per heavy atom. The molecule has 7 nitrogen and oxygen atoms in total. The summed E-state index contributed by atoms with van der Waals surface area (Å²) in [5.41, 5.74) is 2.56. The Morgan fingerprint density at radius 1 is 1.57 bits per heavy atom. The van der Waals surface area contributed by atoms with Crippen molar-refractivity contribution in [3.8, 4) is 0 Å². The predicted molar refractivity (Wildman–Crippen MR) is 83.3 cm³/mol. The van der Waals surface area contributed by atoms with Gasteiger partial charge in [-0.05, 0) is 37.7 Å². The Morgan fingerprint density at radius 2 is 2.33 bits per heavy atom. The number of nitro groups is 1. The minimum atomic E-state index is -0.549. The number of nitrogens with one attached hydrogen (secondary N) is 2. The van der Waals surface area contributed by atoms with Gasteiger partial charge in [-0.25, -0.2) is 0 Å². The fourth-order valence-electron chi connectivity index (χ4n) is 2.30. The van der Waals surface area contributed by atoms with Crippen LogP contribution in [0.25, 0.3) is 0 Å². The highest BCUT2D eigenvalue weighted by Crippen LogP contribution is 2.37. The maximum Gasteiger partial charge on any atom is 0.293 e. The number of amides is 1. The summed E-state index contributed by atoms with van der Waals surface area (Å²) in [5, 5.41) is 13.7. The van der Waals surface area contributed by atoms with Crippen LogP contribution >= 0.6 is 11.8 Å². The zero-order valence-corrected chi connectivity index (χ0v) is 12.5. The van der Waals surface area contributed by atoms with Crippen LogP contribution in [0.3, 0.4) is 0 Å². The first-order valence-corrected chi connectivity index (χ1v) is 7.61. The summed E-state index contributed by atoms with van der Waals surface area (Å²) in [4.78, 5) is 22.4. The Balaban J connectivity index is 2.07. The number of benzene rings is 1. The molecule has 114 valence electrons. The number of carbonyl (C=O) groups is 1. The van der Waals surface area contributed by atoms with Crippen molar-refractivity contribution in [2.45, 2.75) is 24.5 Å². The average Bonchev–Trinajstić information content (AvgIpc) is 2.91. The molecule has 2 rings (SSSR count). The molecule has 1 heterocycles. The van der Waals surface area contributed by atoms with Crippen molar-refractivity contribution >= 4 is 29.0 Å². The molecule has 0 aliphatic carbocycles. The third-order valence-corrected chi connectivity index (χ3v) is 5.07. The van der Waals surface area contributed by atoms with Crippen LogP contribution in [0.1, 0.15) is 30.1 Å². The molecule has 1 atom stereocenters. The molecule has 0 radical (unpaired) electrons. The molecule has 1 amide bonds. The van der Waals surface area contributed by atoms with Gasteiger partial charge in [-0.2, -0.15) is 11.8 Å². The summed E-state index contributed by atoms with van der Waals surface area (Å²) in [6, 6.07) is 4.09. The highest BCUT2D eigenvalue weighted by molar-refractivity contribution is 8.00. The number of nitro benzene ring substituents is 1. The van der Waals surface area contributed by atoms with Crippen molar-refractivity contribution in [3.63, 3.8) is 0 Å². The first-order chi connectivity index (χ1) is 9.95. The van der Waals surface area contributed by atoms with Crippen LogP contribution in [0.4, 0.5) is 11.4 Å². The van der Waals surface area contributed by atoms with Crippen molar-refractivity contribution < 1.29 is 9.72 Å². The second-order valence-electron chi connectivity index (χ2n) is 5.22. The number of carbonyl (C=O) groups excluding carboxylic acids is 1. The number of hydrazine groups is 1. The number of nitrogens with zero attached hydrogens (tertiary/aromatic N) is 1. The molecule has 1 unspecified atom stereocenters. The molecule has 1 fully saturated rings.